The molecular weight excluding hydrogens is 260 g/mol. The number of anilines is 1. The highest BCUT2D eigenvalue weighted by Crippen LogP contribution is 2.19. The summed E-state index contributed by atoms with van der Waals surface area (Å²) in [6.45, 7) is 3.92. The van der Waals surface area contributed by atoms with Gasteiger partial charge in [-0.3, -0.25) is 4.79 Å². The molecule has 3 nitrogen and oxygen atoms in total. The van der Waals surface area contributed by atoms with E-state index < -0.39 is 5.91 Å². The van der Waals surface area contributed by atoms with Gasteiger partial charge in [0.15, 0.2) is 0 Å². The van der Waals surface area contributed by atoms with E-state index in [0.717, 1.165) is 22.4 Å². The Hall–Kier alpha value is -2.86. The average Bonchev–Trinajstić information content (AvgIpc) is 2.50. The fourth-order valence-corrected chi connectivity index (χ4v) is 1.94. The number of nitrogens with zero attached hydrogens (tertiary/aromatic N) is 1. The number of carbonyl (C=O) groups excluding carboxylic acids is 1. The summed E-state index contributed by atoms with van der Waals surface area (Å²) in [5.74, 6) is -0.393. The van der Waals surface area contributed by atoms with Gasteiger partial charge in [0, 0.05) is 5.69 Å². The molecule has 0 atom stereocenters. The molecule has 0 radical (unpaired) electrons. The van der Waals surface area contributed by atoms with Gasteiger partial charge in [-0.1, -0.05) is 42.5 Å². The molecule has 0 aromatic heterocycles. The van der Waals surface area contributed by atoms with Crippen molar-refractivity contribution >= 4 is 17.7 Å². The predicted molar refractivity (Wildman–Crippen MR) is 84.6 cm³/mol. The maximum Gasteiger partial charge on any atom is 0.266 e. The maximum absolute atomic E-state index is 12.2. The van der Waals surface area contributed by atoms with Crippen LogP contribution in [-0.2, 0) is 4.79 Å². The molecule has 104 valence electrons. The first-order valence-electron chi connectivity index (χ1n) is 6.66. The summed E-state index contributed by atoms with van der Waals surface area (Å²) < 4.78 is 0. The van der Waals surface area contributed by atoms with Gasteiger partial charge in [0.25, 0.3) is 5.91 Å². The minimum Gasteiger partial charge on any atom is -0.321 e. The van der Waals surface area contributed by atoms with Crippen LogP contribution in [0.4, 0.5) is 5.69 Å². The molecule has 0 heterocycles. The second-order valence-corrected chi connectivity index (χ2v) is 4.78. The summed E-state index contributed by atoms with van der Waals surface area (Å²) in [5.41, 5.74) is 3.74. The number of aryl methyl sites for hydroxylation is 1. The van der Waals surface area contributed by atoms with Crippen molar-refractivity contribution < 1.29 is 4.79 Å². The first kappa shape index (κ1) is 14.5. The van der Waals surface area contributed by atoms with Crippen molar-refractivity contribution in [2.45, 2.75) is 13.8 Å². The molecule has 0 saturated carbocycles. The fraction of sp³-hybridized carbons (Fsp3) is 0.111. The Morgan fingerprint density at radius 2 is 1.81 bits per heavy atom. The molecule has 0 aliphatic heterocycles. The van der Waals surface area contributed by atoms with Crippen molar-refractivity contribution in [3.05, 3.63) is 70.8 Å². The van der Waals surface area contributed by atoms with Gasteiger partial charge in [-0.15, -0.1) is 0 Å². The summed E-state index contributed by atoms with van der Waals surface area (Å²) in [5, 5.41) is 12.0. The van der Waals surface area contributed by atoms with Gasteiger partial charge >= 0.3 is 0 Å². The third-order valence-corrected chi connectivity index (χ3v) is 3.33. The van der Waals surface area contributed by atoms with E-state index in [2.05, 4.69) is 5.32 Å². The highest BCUT2D eigenvalue weighted by atomic mass is 16.1. The molecule has 1 amide bonds. The van der Waals surface area contributed by atoms with Crippen LogP contribution in [-0.4, -0.2) is 5.91 Å². The minimum atomic E-state index is -0.393. The van der Waals surface area contributed by atoms with Gasteiger partial charge in [0.1, 0.15) is 11.6 Å². The lowest BCUT2D eigenvalue weighted by atomic mass is 10.1. The largest absolute Gasteiger partial charge is 0.321 e. The summed E-state index contributed by atoms with van der Waals surface area (Å²) in [4.78, 5) is 12.2. The van der Waals surface area contributed by atoms with E-state index in [1.165, 1.54) is 0 Å². The zero-order valence-corrected chi connectivity index (χ0v) is 12.1. The van der Waals surface area contributed by atoms with E-state index in [4.69, 9.17) is 0 Å². The SMILES string of the molecule is Cc1cccc(NC(=O)/C(C#N)=C/c2ccccc2)c1C. The molecule has 0 spiro atoms. The van der Waals surface area contributed by atoms with Crippen molar-refractivity contribution in [1.29, 1.82) is 5.26 Å². The second kappa shape index (κ2) is 6.53. The quantitative estimate of drug-likeness (QED) is 0.684. The van der Waals surface area contributed by atoms with Crippen molar-refractivity contribution in [2.24, 2.45) is 0 Å². The van der Waals surface area contributed by atoms with E-state index >= 15 is 0 Å². The van der Waals surface area contributed by atoms with Gasteiger partial charge in [-0.05, 0) is 42.7 Å². The summed E-state index contributed by atoms with van der Waals surface area (Å²) in [7, 11) is 0. The van der Waals surface area contributed by atoms with E-state index in [9.17, 15) is 10.1 Å². The van der Waals surface area contributed by atoms with Gasteiger partial charge in [-0.2, -0.15) is 5.26 Å². The number of nitriles is 1. The smallest absolute Gasteiger partial charge is 0.266 e. The summed E-state index contributed by atoms with van der Waals surface area (Å²) in [6, 6.07) is 17.0. The van der Waals surface area contributed by atoms with Crippen LogP contribution < -0.4 is 5.32 Å². The number of benzene rings is 2. The molecule has 0 aliphatic rings. The molecule has 0 fully saturated rings. The fourth-order valence-electron chi connectivity index (χ4n) is 1.94. The summed E-state index contributed by atoms with van der Waals surface area (Å²) in [6.07, 6.45) is 1.58. The number of rotatable bonds is 3. The lowest BCUT2D eigenvalue weighted by molar-refractivity contribution is -0.112. The van der Waals surface area contributed by atoms with Crippen LogP contribution in [0.15, 0.2) is 54.1 Å². The Kier molecular flexibility index (Phi) is 4.53. The summed E-state index contributed by atoms with van der Waals surface area (Å²) >= 11 is 0. The van der Waals surface area contributed by atoms with E-state index in [0.29, 0.717) is 0 Å². The van der Waals surface area contributed by atoms with Crippen LogP contribution in [0.3, 0.4) is 0 Å². The Morgan fingerprint density at radius 1 is 1.10 bits per heavy atom. The maximum atomic E-state index is 12.2. The Bertz CT molecular complexity index is 725. The van der Waals surface area contributed by atoms with Gasteiger partial charge in [0.2, 0.25) is 0 Å². The van der Waals surface area contributed by atoms with Crippen molar-refractivity contribution in [2.75, 3.05) is 5.32 Å². The number of hydrogen-bond donors (Lipinski definition) is 1. The monoisotopic (exact) mass is 276 g/mol. The van der Waals surface area contributed by atoms with E-state index in [1.54, 1.807) is 6.08 Å². The van der Waals surface area contributed by atoms with Crippen molar-refractivity contribution in [3.63, 3.8) is 0 Å². The van der Waals surface area contributed by atoms with Crippen LogP contribution >= 0.6 is 0 Å². The molecule has 21 heavy (non-hydrogen) atoms. The molecule has 0 aliphatic carbocycles. The Balaban J connectivity index is 2.24. The zero-order chi connectivity index (χ0) is 15.2. The van der Waals surface area contributed by atoms with Crippen molar-refractivity contribution in [3.8, 4) is 6.07 Å². The zero-order valence-electron chi connectivity index (χ0n) is 12.1. The number of nitrogens with one attached hydrogen (secondary N) is 1. The van der Waals surface area contributed by atoms with Crippen LogP contribution in [0.5, 0.6) is 0 Å². The third kappa shape index (κ3) is 3.58. The molecule has 3 heteroatoms. The molecular formula is C18H16N2O. The average molecular weight is 276 g/mol. The molecule has 1 N–H and O–H groups in total. The topological polar surface area (TPSA) is 52.9 Å². The molecule has 2 rings (SSSR count). The highest BCUT2D eigenvalue weighted by molar-refractivity contribution is 6.10. The first-order chi connectivity index (χ1) is 10.1. The number of hydrogen-bond acceptors (Lipinski definition) is 2. The second-order valence-electron chi connectivity index (χ2n) is 4.78. The van der Waals surface area contributed by atoms with Crippen LogP contribution in [0.2, 0.25) is 0 Å². The minimum absolute atomic E-state index is 0.0853. The third-order valence-electron chi connectivity index (χ3n) is 3.33. The number of amides is 1. The Labute approximate surface area is 124 Å². The molecule has 2 aromatic rings. The Morgan fingerprint density at radius 3 is 2.48 bits per heavy atom. The van der Waals surface area contributed by atoms with Gasteiger partial charge < -0.3 is 5.32 Å². The van der Waals surface area contributed by atoms with Gasteiger partial charge in [0.05, 0.1) is 0 Å². The van der Waals surface area contributed by atoms with E-state index in [-0.39, 0.29) is 5.57 Å². The molecule has 2 aromatic carbocycles. The highest BCUT2D eigenvalue weighted by Gasteiger charge is 2.11. The number of carbonyl (C=O) groups is 1. The lowest BCUT2D eigenvalue weighted by Gasteiger charge is -2.09. The first-order valence-corrected chi connectivity index (χ1v) is 6.66. The molecule has 0 unspecified atom stereocenters. The normalized spacial score (nSPS) is 10.8. The van der Waals surface area contributed by atoms with Crippen LogP contribution in [0.1, 0.15) is 16.7 Å². The van der Waals surface area contributed by atoms with Gasteiger partial charge in [-0.25, -0.2) is 0 Å². The van der Waals surface area contributed by atoms with Crippen LogP contribution in [0.25, 0.3) is 6.08 Å². The molecule has 0 bridgehead atoms. The van der Waals surface area contributed by atoms with Crippen molar-refractivity contribution in [1.82, 2.24) is 0 Å². The lowest BCUT2D eigenvalue weighted by Crippen LogP contribution is -2.14. The predicted octanol–water partition coefficient (Wildman–Crippen LogP) is 3.85. The molecule has 0 saturated heterocycles. The standard InChI is InChI=1S/C18H16N2O/c1-13-7-6-10-17(14(13)2)20-18(21)16(12-19)11-15-8-4-3-5-9-15/h3-11H,1-2H3,(H,20,21)/b16-11+. The van der Waals surface area contributed by atoms with E-state index in [1.807, 2.05) is 68.4 Å². The van der Waals surface area contributed by atoms with Crippen LogP contribution in [0, 0.1) is 25.2 Å².